The fourth-order valence-corrected chi connectivity index (χ4v) is 14.2. The van der Waals surface area contributed by atoms with Gasteiger partial charge in [-0.2, -0.15) is 0 Å². The number of guanidine groups is 6. The van der Waals surface area contributed by atoms with Crippen LogP contribution in [0.1, 0.15) is 134 Å². The largest absolute Gasteiger partial charge is 0.508 e. The summed E-state index contributed by atoms with van der Waals surface area (Å²) in [5.41, 5.74) is 62.5. The van der Waals surface area contributed by atoms with E-state index in [2.05, 4.69) is 90.4 Å². The molecule has 46 N–H and O–H groups in total. The number of amides is 13. The SMILES string of the molecule is N=C(N)NCCC[C@H](NC(=O)[C@H](CCCNC(=N)N)NC(=O)[C@H](CCCNC(=N)N)NC(=O)[C@H](CCC(N)=O)NC(=O)[C@H](CCCNC(=N)N)NC(=O)[C@H](CCCNC(=N)N)NC(=O)[C@H](CCCCN)NC(=O)[C@H](CCCCN)NC(=O)[C@H](CCCNC(=N)N)NC(=O)CNC(=O)[C@H](Cc1ccc(O)cc1)NC(=O)[C@@H](N)CSSc1ccccc1[N+](=O)[O-])C(N)=O. The quantitative estimate of drug-likeness (QED) is 0.00730. The molecule has 2 aromatic rings. The zero-order valence-electron chi connectivity index (χ0n) is 70.1. The smallest absolute Gasteiger partial charge is 0.283 e. The monoisotopic (exact) mass is 1810 g/mol. The number of nitrogens with one attached hydrogen (secondary N) is 23. The minimum absolute atomic E-state index is 0.00459. The van der Waals surface area contributed by atoms with Crippen LogP contribution in [0.25, 0.3) is 0 Å². The molecule has 11 atom stereocenters. The fraction of sp³-hybridized carbons (Fsp3) is 0.575. The Morgan fingerprint density at radius 2 is 0.675 bits per heavy atom. The molecular formula is C73H127N35O16S2. The molecule has 0 aliphatic rings. The third-order valence-electron chi connectivity index (χ3n) is 18.5. The number of hydrogen-bond acceptors (Lipinski definition) is 27. The number of nitrogens with zero attached hydrogens (tertiary/aromatic N) is 1. The van der Waals surface area contributed by atoms with Crippen molar-refractivity contribution in [3.63, 3.8) is 0 Å². The molecule has 2 rings (SSSR count). The third-order valence-corrected chi connectivity index (χ3v) is 20.9. The Balaban J connectivity index is 2.66. The summed E-state index contributed by atoms with van der Waals surface area (Å²) in [6.45, 7) is -0.556. The van der Waals surface area contributed by atoms with Crippen LogP contribution in [0.15, 0.2) is 53.4 Å². The molecule has 0 fully saturated rings. The van der Waals surface area contributed by atoms with Crippen molar-refractivity contribution in [3.05, 3.63) is 64.2 Å². The predicted octanol–water partition coefficient (Wildman–Crippen LogP) is -8.84. The topological polar surface area (TPSA) is 919 Å². The number of hydrogen-bond donors (Lipinski definition) is 35. The highest BCUT2D eigenvalue weighted by molar-refractivity contribution is 8.76. The highest BCUT2D eigenvalue weighted by atomic mass is 33.1. The van der Waals surface area contributed by atoms with Crippen LogP contribution < -0.4 is 153 Å². The summed E-state index contributed by atoms with van der Waals surface area (Å²) in [6, 6.07) is -4.98. The number of carbonyl (C=O) groups excluding carboxylic acids is 13. The van der Waals surface area contributed by atoms with Crippen LogP contribution in [0.5, 0.6) is 5.75 Å². The van der Waals surface area contributed by atoms with Crippen LogP contribution >= 0.6 is 21.6 Å². The molecule has 53 heteroatoms. The van der Waals surface area contributed by atoms with Crippen molar-refractivity contribution in [2.75, 3.05) is 64.7 Å². The Labute approximate surface area is 735 Å². The molecule has 0 heterocycles. The molecule has 0 saturated heterocycles. The Bertz CT molecular complexity index is 3970. The Kier molecular flexibility index (Phi) is 53.0. The second-order valence-electron chi connectivity index (χ2n) is 28.8. The van der Waals surface area contributed by atoms with Crippen LogP contribution in [0.4, 0.5) is 5.69 Å². The molecule has 0 radical (unpaired) electrons. The number of phenolic OH excluding ortho intramolecular Hbond substituents is 1. The lowest BCUT2D eigenvalue weighted by Gasteiger charge is -2.28. The van der Waals surface area contributed by atoms with Gasteiger partial charge in [-0.15, -0.1) is 0 Å². The average molecular weight is 1820 g/mol. The molecule has 126 heavy (non-hydrogen) atoms. The molecule has 0 aromatic heterocycles. The van der Waals surface area contributed by atoms with Gasteiger partial charge in [0, 0.05) is 63.9 Å². The van der Waals surface area contributed by atoms with E-state index >= 15 is 0 Å². The summed E-state index contributed by atoms with van der Waals surface area (Å²) in [6.07, 6.45) is -1.45. The van der Waals surface area contributed by atoms with Gasteiger partial charge in [0.2, 0.25) is 76.8 Å². The van der Waals surface area contributed by atoms with Crippen molar-refractivity contribution in [1.29, 1.82) is 32.5 Å². The van der Waals surface area contributed by atoms with Gasteiger partial charge in [-0.3, -0.25) is 105 Å². The molecule has 0 bridgehead atoms. The summed E-state index contributed by atoms with van der Waals surface area (Å²) < 4.78 is 0. The predicted molar refractivity (Wildman–Crippen MR) is 472 cm³/mol. The normalized spacial score (nSPS) is 13.4. The molecule has 0 spiro atoms. The lowest BCUT2D eigenvalue weighted by molar-refractivity contribution is -0.387. The number of phenols is 1. The van der Waals surface area contributed by atoms with E-state index in [1.54, 1.807) is 6.07 Å². The van der Waals surface area contributed by atoms with Crippen LogP contribution in [0.2, 0.25) is 0 Å². The van der Waals surface area contributed by atoms with Crippen molar-refractivity contribution in [3.8, 4) is 5.75 Å². The van der Waals surface area contributed by atoms with Crippen LogP contribution in [-0.2, 0) is 68.7 Å². The van der Waals surface area contributed by atoms with Crippen molar-refractivity contribution < 1.29 is 72.4 Å². The Morgan fingerprint density at radius 1 is 0.373 bits per heavy atom. The zero-order chi connectivity index (χ0) is 94.2. The number of unbranched alkanes of at least 4 members (excludes halogenated alkanes) is 2. The molecule has 0 aliphatic carbocycles. The van der Waals surface area contributed by atoms with E-state index in [-0.39, 0.29) is 185 Å². The van der Waals surface area contributed by atoms with Crippen molar-refractivity contribution in [2.45, 2.75) is 206 Å². The van der Waals surface area contributed by atoms with Crippen molar-refractivity contribution in [2.24, 2.45) is 63.1 Å². The van der Waals surface area contributed by atoms with Gasteiger partial charge in [0.05, 0.1) is 22.4 Å². The first-order valence-corrected chi connectivity index (χ1v) is 42.9. The minimum atomic E-state index is -1.76. The Morgan fingerprint density at radius 3 is 0.992 bits per heavy atom. The van der Waals surface area contributed by atoms with Gasteiger partial charge in [-0.1, -0.05) is 45.9 Å². The maximum absolute atomic E-state index is 15.0. The number of para-hydroxylation sites is 1. The first-order valence-electron chi connectivity index (χ1n) is 40.6. The number of benzene rings is 2. The average Bonchev–Trinajstić information content (AvgIpc) is 0.838. The Hall–Kier alpha value is -13.1. The van der Waals surface area contributed by atoms with E-state index in [1.807, 2.05) is 0 Å². The highest BCUT2D eigenvalue weighted by Gasteiger charge is 2.37. The third kappa shape index (κ3) is 47.6. The number of nitro benzene ring substituents is 1. The lowest BCUT2D eigenvalue weighted by atomic mass is 10.0. The maximum atomic E-state index is 15.0. The van der Waals surface area contributed by atoms with Gasteiger partial charge < -0.3 is 159 Å². The zero-order valence-corrected chi connectivity index (χ0v) is 71.7. The number of aromatic hydroxyl groups is 1. The summed E-state index contributed by atoms with van der Waals surface area (Å²) in [7, 11) is 2.05. The molecule has 0 aliphatic heterocycles. The fourth-order valence-electron chi connectivity index (χ4n) is 11.9. The summed E-state index contributed by atoms with van der Waals surface area (Å²) in [5.74, 6) is -15.3. The van der Waals surface area contributed by atoms with Gasteiger partial charge in [-0.25, -0.2) is 0 Å². The summed E-state index contributed by atoms with van der Waals surface area (Å²) in [4.78, 5) is 195. The van der Waals surface area contributed by atoms with E-state index in [1.165, 1.54) is 42.5 Å². The van der Waals surface area contributed by atoms with E-state index < -0.39 is 197 Å². The highest BCUT2D eigenvalue weighted by Crippen LogP contribution is 2.37. The van der Waals surface area contributed by atoms with Gasteiger partial charge in [0.1, 0.15) is 66.2 Å². The van der Waals surface area contributed by atoms with Gasteiger partial charge in [-0.05, 0) is 159 Å². The number of primary amides is 2. The molecular weight excluding hydrogens is 1690 g/mol. The second kappa shape index (κ2) is 61.3. The number of carbonyl (C=O) groups is 13. The van der Waals surface area contributed by atoms with E-state index in [9.17, 15) is 77.5 Å². The van der Waals surface area contributed by atoms with Gasteiger partial charge in [0.25, 0.3) is 5.69 Å². The van der Waals surface area contributed by atoms with E-state index in [0.717, 1.165) is 21.6 Å². The van der Waals surface area contributed by atoms with Crippen molar-refractivity contribution >= 4 is 140 Å². The van der Waals surface area contributed by atoms with Gasteiger partial charge >= 0.3 is 0 Å². The molecule has 2 aromatic carbocycles. The van der Waals surface area contributed by atoms with Crippen LogP contribution in [0, 0.1) is 42.6 Å². The second-order valence-corrected chi connectivity index (χ2v) is 31.2. The van der Waals surface area contributed by atoms with Crippen LogP contribution in [-0.4, -0.2) is 254 Å². The molecule has 13 amide bonds. The van der Waals surface area contributed by atoms with Crippen LogP contribution in [0.3, 0.4) is 0 Å². The van der Waals surface area contributed by atoms with E-state index in [0.29, 0.717) is 23.3 Å². The maximum Gasteiger partial charge on any atom is 0.283 e. The van der Waals surface area contributed by atoms with Crippen molar-refractivity contribution in [1.82, 2.24) is 90.4 Å². The molecule has 0 unspecified atom stereocenters. The number of rotatable bonds is 65. The minimum Gasteiger partial charge on any atom is -0.508 e. The van der Waals surface area contributed by atoms with E-state index in [4.69, 9.17) is 95.5 Å². The first kappa shape index (κ1) is 109. The summed E-state index contributed by atoms with van der Waals surface area (Å²) >= 11 is 0. The lowest BCUT2D eigenvalue weighted by Crippen LogP contribution is -2.60. The molecule has 702 valence electrons. The number of nitrogens with two attached hydrogens (primary N) is 11. The molecule has 51 nitrogen and oxygen atoms in total. The number of nitro groups is 1. The summed E-state index contributed by atoms with van der Waals surface area (Å²) in [5, 5.41) is 111. The first-order chi connectivity index (χ1) is 59.7. The molecule has 0 saturated carbocycles. The van der Waals surface area contributed by atoms with Gasteiger partial charge in [0.15, 0.2) is 35.8 Å². The standard InChI is InChI=1S/C73H127N35O16S2/c74-29-5-3-13-45(100-60(115)44(16-8-32-92-69(81)82)98-56(111)38-97-59(114)52(37-40-23-25-41(109)26-24-40)107-58(113)42(76)39-125-126-54-22-2-1-21-53(54)108(123)124)62(117)101-46(14-4-6-30-75)63(118)103-48(18-10-34-94-71(85)86)64(119)104-50(20-12-36-96-73(89)90)66(121)106-51(27-28-55(77)110)67(122)105-49(19-11-35-95-72(87)88)65(120)102-47(17-9-33-93-70(83)84)61(116)99-43(57(78)112)15-7-31-91-68(79)80/h1-2,21-26,42-52,109H,3-20,27-39,74-76H2,(H2,77,110)(H2,78,112)(H,97,114)(H,98,111)(H,99,116)(H,100,115)(H,101,117)(H,102,120)(H,103,118)(H,104,119)(H,105,122)(H,106,121)(H,107,113)(H4,79,80,91)(H4,81,82,92)(H4,83,84,93)(H4,85,86,94)(H4,87,88,95)(H4,89,90,96)/t42-,43-,44-,45-,46-,47-,48-,49-,50-,51-,52-/m0/s1.